The Morgan fingerprint density at radius 1 is 1.19 bits per heavy atom. The van der Waals surface area contributed by atoms with Crippen LogP contribution >= 0.6 is 0 Å². The van der Waals surface area contributed by atoms with Crippen LogP contribution in [-0.4, -0.2) is 57.2 Å². The summed E-state index contributed by atoms with van der Waals surface area (Å²) < 4.78 is 17.0. The summed E-state index contributed by atoms with van der Waals surface area (Å²) in [6, 6.07) is 5.99. The fourth-order valence-electron chi connectivity index (χ4n) is 3.40. The molecule has 3 N–H and O–H groups in total. The molecule has 1 aromatic carbocycles. The predicted octanol–water partition coefficient (Wildman–Crippen LogP) is 1.69. The maximum absolute atomic E-state index is 9.38. The van der Waals surface area contributed by atoms with Crippen LogP contribution in [0, 0.1) is 5.41 Å². The van der Waals surface area contributed by atoms with Gasteiger partial charge in [0.15, 0.2) is 17.5 Å². The Labute approximate surface area is 161 Å². The summed E-state index contributed by atoms with van der Waals surface area (Å²) >= 11 is 0. The summed E-state index contributed by atoms with van der Waals surface area (Å²) in [6.45, 7) is 7.11. The second-order valence-electron chi connectivity index (χ2n) is 7.16. The van der Waals surface area contributed by atoms with Gasteiger partial charge >= 0.3 is 0 Å². The van der Waals surface area contributed by atoms with E-state index in [9.17, 15) is 5.11 Å². The standard InChI is InChI=1S/C20H31N3O4/c1-2-21-19(23-14-20(6-8-24)7-11-25-15-20)22-13-16-4-5-17-18(12-16)27-10-3-9-26-17/h4-5,12,24H,2-3,6-11,13-15H2,1H3,(H2,21,22,23). The highest BCUT2D eigenvalue weighted by atomic mass is 16.5. The molecule has 1 unspecified atom stereocenters. The molecule has 0 spiro atoms. The molecule has 1 aromatic rings. The molecule has 7 nitrogen and oxygen atoms in total. The van der Waals surface area contributed by atoms with Gasteiger partial charge in [-0.3, -0.25) is 0 Å². The van der Waals surface area contributed by atoms with E-state index < -0.39 is 0 Å². The van der Waals surface area contributed by atoms with E-state index in [1.165, 1.54) is 0 Å². The number of aliphatic hydroxyl groups excluding tert-OH is 1. The maximum Gasteiger partial charge on any atom is 0.191 e. The average molecular weight is 377 g/mol. The second-order valence-corrected chi connectivity index (χ2v) is 7.16. The number of benzene rings is 1. The molecule has 3 rings (SSSR count). The van der Waals surface area contributed by atoms with Gasteiger partial charge in [-0.15, -0.1) is 0 Å². The van der Waals surface area contributed by atoms with Gasteiger partial charge in [-0.25, -0.2) is 4.99 Å². The number of nitrogens with one attached hydrogen (secondary N) is 2. The van der Waals surface area contributed by atoms with Crippen LogP contribution in [0.2, 0.25) is 0 Å². The maximum atomic E-state index is 9.38. The van der Waals surface area contributed by atoms with Crippen molar-refractivity contribution in [2.24, 2.45) is 10.4 Å². The molecule has 27 heavy (non-hydrogen) atoms. The average Bonchev–Trinajstić information content (AvgIpc) is 3.01. The Hall–Kier alpha value is -1.99. The number of aliphatic hydroxyl groups is 1. The number of hydrogen-bond acceptors (Lipinski definition) is 5. The lowest BCUT2D eigenvalue weighted by molar-refractivity contribution is 0.127. The van der Waals surface area contributed by atoms with Crippen molar-refractivity contribution >= 4 is 5.96 Å². The first-order chi connectivity index (χ1) is 13.2. The Kier molecular flexibility index (Phi) is 7.18. The summed E-state index contributed by atoms with van der Waals surface area (Å²) in [6.07, 6.45) is 2.60. The van der Waals surface area contributed by atoms with Gasteiger partial charge < -0.3 is 30.0 Å². The normalized spacial score (nSPS) is 22.4. The van der Waals surface area contributed by atoms with Crippen molar-refractivity contribution in [3.63, 3.8) is 0 Å². The quantitative estimate of drug-likeness (QED) is 0.495. The van der Waals surface area contributed by atoms with Crippen molar-refractivity contribution in [1.82, 2.24) is 10.6 Å². The number of nitrogens with zero attached hydrogens (tertiary/aromatic N) is 1. The second kappa shape index (κ2) is 9.80. The van der Waals surface area contributed by atoms with Crippen LogP contribution in [-0.2, 0) is 11.3 Å². The molecule has 0 radical (unpaired) electrons. The van der Waals surface area contributed by atoms with Crippen LogP contribution in [0.3, 0.4) is 0 Å². The first kappa shape index (κ1) is 19.8. The molecule has 2 aliphatic rings. The minimum absolute atomic E-state index is 0.0137. The third kappa shape index (κ3) is 5.49. The van der Waals surface area contributed by atoms with E-state index in [1.807, 2.05) is 25.1 Å². The molecule has 0 saturated carbocycles. The van der Waals surface area contributed by atoms with Gasteiger partial charge in [0.2, 0.25) is 0 Å². The SMILES string of the molecule is CCNC(=NCc1ccc2c(c1)OCCCO2)NCC1(CCO)CCOC1. The van der Waals surface area contributed by atoms with Crippen molar-refractivity contribution in [2.45, 2.75) is 32.7 Å². The van der Waals surface area contributed by atoms with Crippen LogP contribution in [0.25, 0.3) is 0 Å². The minimum Gasteiger partial charge on any atom is -0.490 e. The van der Waals surface area contributed by atoms with E-state index in [2.05, 4.69) is 10.6 Å². The molecule has 0 aliphatic carbocycles. The molecule has 1 saturated heterocycles. The monoisotopic (exact) mass is 377 g/mol. The van der Waals surface area contributed by atoms with Gasteiger partial charge in [-0.2, -0.15) is 0 Å². The number of aliphatic imine (C=N–C) groups is 1. The molecule has 7 heteroatoms. The van der Waals surface area contributed by atoms with Gasteiger partial charge in [0.1, 0.15) is 0 Å². The van der Waals surface area contributed by atoms with E-state index in [1.54, 1.807) is 0 Å². The summed E-state index contributed by atoms with van der Waals surface area (Å²) in [7, 11) is 0. The number of rotatable bonds is 7. The topological polar surface area (TPSA) is 84.3 Å². The molecule has 1 atom stereocenters. The first-order valence-electron chi connectivity index (χ1n) is 9.84. The molecular formula is C20H31N3O4. The Morgan fingerprint density at radius 2 is 2.04 bits per heavy atom. The summed E-state index contributed by atoms with van der Waals surface area (Å²) in [4.78, 5) is 4.70. The van der Waals surface area contributed by atoms with E-state index in [4.69, 9.17) is 19.2 Å². The summed E-state index contributed by atoms with van der Waals surface area (Å²) in [5.74, 6) is 2.37. The third-order valence-corrected chi connectivity index (χ3v) is 5.03. The van der Waals surface area contributed by atoms with E-state index in [0.717, 1.165) is 62.0 Å². The van der Waals surface area contributed by atoms with Crippen LogP contribution in [0.5, 0.6) is 11.5 Å². The first-order valence-corrected chi connectivity index (χ1v) is 9.84. The molecule has 0 amide bonds. The van der Waals surface area contributed by atoms with Gasteiger partial charge in [-0.1, -0.05) is 6.07 Å². The zero-order valence-electron chi connectivity index (χ0n) is 16.1. The lowest BCUT2D eigenvalue weighted by atomic mass is 9.84. The van der Waals surface area contributed by atoms with Crippen LogP contribution in [0.1, 0.15) is 31.7 Å². The van der Waals surface area contributed by atoms with E-state index in [-0.39, 0.29) is 12.0 Å². The van der Waals surface area contributed by atoms with Gasteiger partial charge in [0.25, 0.3) is 0 Å². The van der Waals surface area contributed by atoms with Gasteiger partial charge in [-0.05, 0) is 37.5 Å². The Morgan fingerprint density at radius 3 is 2.78 bits per heavy atom. The van der Waals surface area contributed by atoms with E-state index in [0.29, 0.717) is 26.4 Å². The fourth-order valence-corrected chi connectivity index (χ4v) is 3.40. The van der Waals surface area contributed by atoms with Crippen LogP contribution in [0.15, 0.2) is 23.2 Å². The van der Waals surface area contributed by atoms with Crippen molar-refractivity contribution in [1.29, 1.82) is 0 Å². The largest absolute Gasteiger partial charge is 0.490 e. The van der Waals surface area contributed by atoms with Gasteiger partial charge in [0.05, 0.1) is 26.4 Å². The Balaban J connectivity index is 1.62. The zero-order chi connectivity index (χ0) is 19.0. The van der Waals surface area contributed by atoms with Crippen molar-refractivity contribution < 1.29 is 19.3 Å². The summed E-state index contributed by atoms with van der Waals surface area (Å²) in [5.41, 5.74) is 1.06. The molecule has 2 aliphatic heterocycles. The highest BCUT2D eigenvalue weighted by Crippen LogP contribution is 2.32. The molecule has 0 aromatic heterocycles. The fraction of sp³-hybridized carbons (Fsp3) is 0.650. The van der Waals surface area contributed by atoms with Crippen molar-refractivity contribution in [3.05, 3.63) is 23.8 Å². The number of guanidine groups is 1. The lowest BCUT2D eigenvalue weighted by Crippen LogP contribution is -2.44. The molecule has 1 fully saturated rings. The zero-order valence-corrected chi connectivity index (χ0v) is 16.1. The minimum atomic E-state index is -0.0137. The lowest BCUT2D eigenvalue weighted by Gasteiger charge is -2.27. The number of ether oxygens (including phenoxy) is 3. The Bertz CT molecular complexity index is 630. The van der Waals surface area contributed by atoms with Crippen LogP contribution in [0.4, 0.5) is 0 Å². The molecular weight excluding hydrogens is 346 g/mol. The highest BCUT2D eigenvalue weighted by molar-refractivity contribution is 5.79. The number of hydrogen-bond donors (Lipinski definition) is 3. The van der Waals surface area contributed by atoms with Gasteiger partial charge in [0, 0.05) is 38.1 Å². The summed E-state index contributed by atoms with van der Waals surface area (Å²) in [5, 5.41) is 16.1. The number of fused-ring (bicyclic) bond motifs is 1. The van der Waals surface area contributed by atoms with Crippen molar-refractivity contribution in [3.8, 4) is 11.5 Å². The third-order valence-electron chi connectivity index (χ3n) is 5.03. The van der Waals surface area contributed by atoms with Crippen molar-refractivity contribution in [2.75, 3.05) is 46.1 Å². The van der Waals surface area contributed by atoms with Crippen LogP contribution < -0.4 is 20.1 Å². The molecule has 150 valence electrons. The predicted molar refractivity (Wildman–Crippen MR) is 104 cm³/mol. The molecule has 2 heterocycles. The molecule has 0 bridgehead atoms. The smallest absolute Gasteiger partial charge is 0.191 e. The van der Waals surface area contributed by atoms with E-state index >= 15 is 0 Å². The highest BCUT2D eigenvalue weighted by Gasteiger charge is 2.34.